The number of aliphatic carboxylic acids is 1. The third-order valence-corrected chi connectivity index (χ3v) is 4.23. The molecular weight excluding hydrogens is 295 g/mol. The van der Waals surface area contributed by atoms with Crippen LogP contribution in [0.15, 0.2) is 23.4 Å². The molecule has 0 spiro atoms. The van der Waals surface area contributed by atoms with Crippen LogP contribution in [0.4, 0.5) is 4.39 Å². The van der Waals surface area contributed by atoms with Crippen LogP contribution >= 0.6 is 11.8 Å². The summed E-state index contributed by atoms with van der Waals surface area (Å²) in [5.74, 6) is -1.87. The van der Waals surface area contributed by atoms with Crippen LogP contribution in [0.1, 0.15) is 6.42 Å². The van der Waals surface area contributed by atoms with Crippen molar-refractivity contribution < 1.29 is 22.7 Å². The highest BCUT2D eigenvalue weighted by Crippen LogP contribution is 2.12. The number of nitrogens with one attached hydrogen (secondary N) is 1. The monoisotopic (exact) mass is 308 g/mol. The molecule has 0 aromatic carbocycles. The van der Waals surface area contributed by atoms with Gasteiger partial charge >= 0.3 is 5.97 Å². The molecule has 1 aromatic rings. The summed E-state index contributed by atoms with van der Waals surface area (Å²) >= 11 is 1.38. The molecule has 0 saturated carbocycles. The Labute approximate surface area is 114 Å². The zero-order valence-electron chi connectivity index (χ0n) is 10.0. The summed E-state index contributed by atoms with van der Waals surface area (Å²) in [6.45, 7) is 0. The Morgan fingerprint density at radius 2 is 2.32 bits per heavy atom. The van der Waals surface area contributed by atoms with E-state index in [1.54, 1.807) is 6.26 Å². The number of pyridine rings is 1. The third-order valence-electron chi connectivity index (χ3n) is 2.19. The van der Waals surface area contributed by atoms with Crippen LogP contribution in [0.25, 0.3) is 0 Å². The minimum atomic E-state index is -4.29. The summed E-state index contributed by atoms with van der Waals surface area (Å²) in [5, 5.41) is 8.13. The Kier molecular flexibility index (Phi) is 5.70. The van der Waals surface area contributed by atoms with E-state index in [-0.39, 0.29) is 6.42 Å². The average molecular weight is 308 g/mol. The van der Waals surface area contributed by atoms with E-state index in [2.05, 4.69) is 4.98 Å². The normalized spacial score (nSPS) is 13.2. The molecule has 0 aliphatic carbocycles. The Morgan fingerprint density at radius 3 is 2.84 bits per heavy atom. The topological polar surface area (TPSA) is 96.4 Å². The highest BCUT2D eigenvalue weighted by molar-refractivity contribution is 7.98. The Balaban J connectivity index is 2.95. The minimum Gasteiger partial charge on any atom is -0.480 e. The average Bonchev–Trinajstić information content (AvgIpc) is 2.34. The first kappa shape index (κ1) is 15.9. The van der Waals surface area contributed by atoms with Crippen LogP contribution in [-0.2, 0) is 14.8 Å². The van der Waals surface area contributed by atoms with Crippen LogP contribution in [0, 0.1) is 5.82 Å². The van der Waals surface area contributed by atoms with E-state index < -0.39 is 32.9 Å². The summed E-state index contributed by atoms with van der Waals surface area (Å²) in [7, 11) is -4.29. The van der Waals surface area contributed by atoms with Gasteiger partial charge in [0.25, 0.3) is 10.0 Å². The van der Waals surface area contributed by atoms with Gasteiger partial charge in [0.2, 0.25) is 5.03 Å². The number of sulfonamides is 1. The van der Waals surface area contributed by atoms with Gasteiger partial charge < -0.3 is 5.11 Å². The van der Waals surface area contributed by atoms with Crippen molar-refractivity contribution in [1.29, 1.82) is 0 Å². The number of carboxylic acid groups (broad SMARTS) is 1. The van der Waals surface area contributed by atoms with E-state index in [4.69, 9.17) is 5.11 Å². The lowest BCUT2D eigenvalue weighted by molar-refractivity contribution is -0.139. The molecule has 2 N–H and O–H groups in total. The molecule has 9 heteroatoms. The van der Waals surface area contributed by atoms with Gasteiger partial charge in [-0.15, -0.1) is 0 Å². The predicted octanol–water partition coefficient (Wildman–Crippen LogP) is 0.705. The Hall–Kier alpha value is -1.19. The van der Waals surface area contributed by atoms with E-state index in [9.17, 15) is 17.6 Å². The highest BCUT2D eigenvalue weighted by Gasteiger charge is 2.27. The maximum Gasteiger partial charge on any atom is 0.321 e. The van der Waals surface area contributed by atoms with Crippen molar-refractivity contribution in [2.75, 3.05) is 12.0 Å². The lowest BCUT2D eigenvalue weighted by atomic mass is 10.2. The van der Waals surface area contributed by atoms with Gasteiger partial charge in [0.15, 0.2) is 5.82 Å². The molecule has 1 aromatic heterocycles. The molecular formula is C10H13FN2O4S2. The number of carbonyl (C=O) groups is 1. The lowest BCUT2D eigenvalue weighted by Crippen LogP contribution is -2.41. The molecule has 106 valence electrons. The maximum atomic E-state index is 13.4. The minimum absolute atomic E-state index is 0.101. The zero-order valence-corrected chi connectivity index (χ0v) is 11.7. The van der Waals surface area contributed by atoms with E-state index in [0.717, 1.165) is 12.3 Å². The molecule has 19 heavy (non-hydrogen) atoms. The van der Waals surface area contributed by atoms with Crippen molar-refractivity contribution >= 4 is 27.8 Å². The Bertz CT molecular complexity index is 550. The number of aromatic nitrogens is 1. The summed E-state index contributed by atoms with van der Waals surface area (Å²) in [5.41, 5.74) is 0. The maximum absolute atomic E-state index is 13.4. The van der Waals surface area contributed by atoms with Crippen molar-refractivity contribution in [3.05, 3.63) is 24.1 Å². The van der Waals surface area contributed by atoms with Crippen LogP contribution in [-0.4, -0.2) is 42.5 Å². The molecule has 0 bridgehead atoms. The van der Waals surface area contributed by atoms with E-state index in [1.165, 1.54) is 17.8 Å². The molecule has 1 heterocycles. The second-order valence-electron chi connectivity index (χ2n) is 3.58. The van der Waals surface area contributed by atoms with Gasteiger partial charge in [0.05, 0.1) is 0 Å². The van der Waals surface area contributed by atoms with Crippen molar-refractivity contribution in [2.45, 2.75) is 17.5 Å². The van der Waals surface area contributed by atoms with Gasteiger partial charge in [-0.3, -0.25) is 4.79 Å². The molecule has 0 aliphatic rings. The van der Waals surface area contributed by atoms with Crippen LogP contribution in [0.5, 0.6) is 0 Å². The number of nitrogens with zero attached hydrogens (tertiary/aromatic N) is 1. The number of rotatable bonds is 7. The second kappa shape index (κ2) is 6.83. The van der Waals surface area contributed by atoms with Crippen molar-refractivity contribution in [1.82, 2.24) is 9.71 Å². The van der Waals surface area contributed by atoms with Crippen molar-refractivity contribution in [3.8, 4) is 0 Å². The largest absolute Gasteiger partial charge is 0.480 e. The predicted molar refractivity (Wildman–Crippen MR) is 68.9 cm³/mol. The first-order valence-corrected chi connectivity index (χ1v) is 8.10. The highest BCUT2D eigenvalue weighted by atomic mass is 32.2. The smallest absolute Gasteiger partial charge is 0.321 e. The summed E-state index contributed by atoms with van der Waals surface area (Å²) in [4.78, 5) is 14.4. The fraction of sp³-hybridized carbons (Fsp3) is 0.400. The number of carboxylic acids is 1. The number of hydrogen-bond donors (Lipinski definition) is 2. The number of halogens is 1. The quantitative estimate of drug-likeness (QED) is 0.770. The SMILES string of the molecule is CSCC[C@@H](NS(=O)(=O)c1ncccc1F)C(=O)O. The van der Waals surface area contributed by atoms with E-state index >= 15 is 0 Å². The third kappa shape index (κ3) is 4.44. The first-order valence-electron chi connectivity index (χ1n) is 5.23. The second-order valence-corrected chi connectivity index (χ2v) is 6.20. The summed E-state index contributed by atoms with van der Waals surface area (Å²) in [6, 6.07) is 0.884. The number of thioether (sulfide) groups is 1. The van der Waals surface area contributed by atoms with Crippen molar-refractivity contribution in [2.24, 2.45) is 0 Å². The molecule has 0 radical (unpaired) electrons. The lowest BCUT2D eigenvalue weighted by Gasteiger charge is -2.13. The molecule has 1 atom stereocenters. The molecule has 0 amide bonds. The molecule has 6 nitrogen and oxygen atoms in total. The summed E-state index contributed by atoms with van der Waals surface area (Å²) in [6.07, 6.45) is 2.99. The van der Waals surface area contributed by atoms with Crippen LogP contribution < -0.4 is 4.72 Å². The van der Waals surface area contributed by atoms with Crippen LogP contribution in [0.3, 0.4) is 0 Å². The fourth-order valence-electron chi connectivity index (χ4n) is 1.28. The zero-order chi connectivity index (χ0) is 14.5. The standard InChI is InChI=1S/C10H13FN2O4S2/c1-18-6-4-8(10(14)15)13-19(16,17)9-7(11)3-2-5-12-9/h2-3,5,8,13H,4,6H2,1H3,(H,14,15)/t8-/m1/s1. The van der Waals surface area contributed by atoms with E-state index in [0.29, 0.717) is 5.75 Å². The molecule has 0 unspecified atom stereocenters. The van der Waals surface area contributed by atoms with Gasteiger partial charge in [-0.2, -0.15) is 16.5 Å². The van der Waals surface area contributed by atoms with E-state index in [1.807, 2.05) is 4.72 Å². The molecule has 1 rings (SSSR count). The molecule has 0 aliphatic heterocycles. The van der Waals surface area contributed by atoms with Gasteiger partial charge in [-0.25, -0.2) is 17.8 Å². The van der Waals surface area contributed by atoms with Gasteiger partial charge in [0.1, 0.15) is 6.04 Å². The van der Waals surface area contributed by atoms with Gasteiger partial charge in [-0.05, 0) is 30.6 Å². The van der Waals surface area contributed by atoms with Gasteiger partial charge in [0, 0.05) is 6.20 Å². The Morgan fingerprint density at radius 1 is 1.63 bits per heavy atom. The van der Waals surface area contributed by atoms with Gasteiger partial charge in [-0.1, -0.05) is 0 Å². The fourth-order valence-corrected chi connectivity index (χ4v) is 2.98. The van der Waals surface area contributed by atoms with Crippen molar-refractivity contribution in [3.63, 3.8) is 0 Å². The molecule has 0 fully saturated rings. The van der Waals surface area contributed by atoms with Crippen LogP contribution in [0.2, 0.25) is 0 Å². The summed E-state index contributed by atoms with van der Waals surface area (Å²) < 4.78 is 39.0. The number of hydrogen-bond acceptors (Lipinski definition) is 5. The molecule has 0 saturated heterocycles. The first-order chi connectivity index (χ1) is 8.88.